The maximum Gasteiger partial charge on any atom is 0.255 e. The van der Waals surface area contributed by atoms with Gasteiger partial charge < -0.3 is 15.0 Å². The zero-order valence-corrected chi connectivity index (χ0v) is 16.9. The Balaban J connectivity index is 1.49. The molecular weight excluding hydrogens is 384 g/mol. The van der Waals surface area contributed by atoms with Crippen LogP contribution in [0, 0.1) is 0 Å². The van der Waals surface area contributed by atoms with Crippen LogP contribution in [-0.4, -0.2) is 23.8 Å². The average Bonchev–Trinajstić information content (AvgIpc) is 3.39. The van der Waals surface area contributed by atoms with E-state index >= 15 is 0 Å². The Morgan fingerprint density at radius 3 is 2.69 bits per heavy atom. The van der Waals surface area contributed by atoms with E-state index in [-0.39, 0.29) is 24.3 Å². The third-order valence-electron chi connectivity index (χ3n) is 5.14. The summed E-state index contributed by atoms with van der Waals surface area (Å²) in [4.78, 5) is 28.6. The molecule has 148 valence electrons. The van der Waals surface area contributed by atoms with Gasteiger partial charge in [-0.1, -0.05) is 42.5 Å². The number of ether oxygens (including phenoxy) is 1. The van der Waals surface area contributed by atoms with E-state index in [2.05, 4.69) is 5.32 Å². The van der Waals surface area contributed by atoms with Gasteiger partial charge in [0.2, 0.25) is 5.91 Å². The van der Waals surface area contributed by atoms with Crippen LogP contribution >= 0.6 is 11.3 Å². The highest BCUT2D eigenvalue weighted by molar-refractivity contribution is 7.10. The number of rotatable bonds is 7. The molecular formula is C23H22N2O3S. The first-order valence-corrected chi connectivity index (χ1v) is 10.4. The molecule has 1 aliphatic rings. The Morgan fingerprint density at radius 2 is 1.93 bits per heavy atom. The van der Waals surface area contributed by atoms with Gasteiger partial charge in [-0.2, -0.15) is 0 Å². The number of hydrogen-bond acceptors (Lipinski definition) is 4. The lowest BCUT2D eigenvalue weighted by atomic mass is 10.1. The lowest BCUT2D eigenvalue weighted by Gasteiger charge is -2.26. The number of nitrogens with zero attached hydrogens (tertiary/aromatic N) is 1. The second kappa shape index (κ2) is 8.49. The Kier molecular flexibility index (Phi) is 5.62. The van der Waals surface area contributed by atoms with Crippen LogP contribution in [0.3, 0.4) is 0 Å². The number of carbonyl (C=O) groups excluding carboxylic acids is 2. The standard InChI is InChI=1S/C23H22N2O3S/c1-28-20-10-5-3-7-16(20)14-24-22(26)13-19(21-11-6-12-29-21)25-15-17-8-2-4-9-18(17)23(25)27/h2-12,19H,13-15H2,1H3,(H,24,26)/t19-/m1/s1. The van der Waals surface area contributed by atoms with Gasteiger partial charge in [0, 0.05) is 29.1 Å². The summed E-state index contributed by atoms with van der Waals surface area (Å²) in [5.41, 5.74) is 2.65. The van der Waals surface area contributed by atoms with Crippen LogP contribution < -0.4 is 10.1 Å². The molecule has 0 spiro atoms. The van der Waals surface area contributed by atoms with Crippen molar-refractivity contribution in [2.75, 3.05) is 7.11 Å². The molecule has 2 aromatic carbocycles. The van der Waals surface area contributed by atoms with Crippen molar-refractivity contribution in [1.29, 1.82) is 0 Å². The second-order valence-electron chi connectivity index (χ2n) is 6.91. The van der Waals surface area contributed by atoms with Crippen LogP contribution in [0.5, 0.6) is 5.75 Å². The molecule has 29 heavy (non-hydrogen) atoms. The molecule has 5 nitrogen and oxygen atoms in total. The molecule has 6 heteroatoms. The molecule has 1 atom stereocenters. The Bertz CT molecular complexity index is 1020. The number of benzene rings is 2. The molecule has 3 aromatic rings. The molecule has 1 N–H and O–H groups in total. The Hall–Kier alpha value is -3.12. The largest absolute Gasteiger partial charge is 0.496 e. The van der Waals surface area contributed by atoms with E-state index in [0.29, 0.717) is 13.1 Å². The summed E-state index contributed by atoms with van der Waals surface area (Å²) in [7, 11) is 1.62. The van der Waals surface area contributed by atoms with E-state index in [0.717, 1.165) is 27.3 Å². The van der Waals surface area contributed by atoms with Gasteiger partial charge in [0.1, 0.15) is 5.75 Å². The molecule has 1 aliphatic heterocycles. The summed E-state index contributed by atoms with van der Waals surface area (Å²) >= 11 is 1.57. The number of thiophene rings is 1. The molecule has 0 radical (unpaired) electrons. The van der Waals surface area contributed by atoms with E-state index in [1.807, 2.05) is 66.0 Å². The lowest BCUT2D eigenvalue weighted by molar-refractivity contribution is -0.122. The van der Waals surface area contributed by atoms with Crippen molar-refractivity contribution < 1.29 is 14.3 Å². The van der Waals surface area contributed by atoms with Crippen molar-refractivity contribution in [3.63, 3.8) is 0 Å². The van der Waals surface area contributed by atoms with E-state index in [4.69, 9.17) is 4.74 Å². The van der Waals surface area contributed by atoms with Gasteiger partial charge in [-0.05, 0) is 29.1 Å². The van der Waals surface area contributed by atoms with Crippen LogP contribution in [0.4, 0.5) is 0 Å². The lowest BCUT2D eigenvalue weighted by Crippen LogP contribution is -2.33. The molecule has 0 aliphatic carbocycles. The number of hydrogen-bond donors (Lipinski definition) is 1. The van der Waals surface area contributed by atoms with E-state index in [1.54, 1.807) is 23.3 Å². The van der Waals surface area contributed by atoms with Crippen molar-refractivity contribution >= 4 is 23.2 Å². The maximum absolute atomic E-state index is 13.0. The highest BCUT2D eigenvalue weighted by Crippen LogP contribution is 2.35. The predicted molar refractivity (Wildman–Crippen MR) is 113 cm³/mol. The van der Waals surface area contributed by atoms with Crippen molar-refractivity contribution in [3.8, 4) is 5.75 Å². The Morgan fingerprint density at radius 1 is 1.14 bits per heavy atom. The van der Waals surface area contributed by atoms with Crippen LogP contribution in [-0.2, 0) is 17.9 Å². The van der Waals surface area contributed by atoms with Gasteiger partial charge in [0.05, 0.1) is 19.6 Å². The summed E-state index contributed by atoms with van der Waals surface area (Å²) in [6.07, 6.45) is 0.218. The van der Waals surface area contributed by atoms with Gasteiger partial charge in [-0.15, -0.1) is 11.3 Å². The second-order valence-corrected chi connectivity index (χ2v) is 7.89. The molecule has 0 saturated carbocycles. The molecule has 2 amide bonds. The van der Waals surface area contributed by atoms with Crippen LogP contribution in [0.15, 0.2) is 66.0 Å². The van der Waals surface area contributed by atoms with Crippen molar-refractivity contribution in [1.82, 2.24) is 10.2 Å². The average molecular weight is 407 g/mol. The van der Waals surface area contributed by atoms with E-state index in [9.17, 15) is 9.59 Å². The van der Waals surface area contributed by atoms with Gasteiger partial charge in [-0.25, -0.2) is 0 Å². The number of carbonyl (C=O) groups is 2. The third-order valence-corrected chi connectivity index (χ3v) is 6.12. The molecule has 0 saturated heterocycles. The minimum Gasteiger partial charge on any atom is -0.496 e. The third kappa shape index (κ3) is 4.03. The first kappa shape index (κ1) is 19.2. The van der Waals surface area contributed by atoms with Gasteiger partial charge >= 0.3 is 0 Å². The topological polar surface area (TPSA) is 58.6 Å². The van der Waals surface area contributed by atoms with Gasteiger partial charge in [0.25, 0.3) is 5.91 Å². The molecule has 2 heterocycles. The minimum atomic E-state index is -0.285. The summed E-state index contributed by atoms with van der Waals surface area (Å²) in [5.74, 6) is 0.627. The van der Waals surface area contributed by atoms with Crippen LogP contribution in [0.25, 0.3) is 0 Å². The predicted octanol–water partition coefficient (Wildman–Crippen LogP) is 4.16. The highest BCUT2D eigenvalue weighted by atomic mass is 32.1. The molecule has 0 unspecified atom stereocenters. The number of fused-ring (bicyclic) bond motifs is 1. The maximum atomic E-state index is 13.0. The van der Waals surface area contributed by atoms with Gasteiger partial charge in [-0.3, -0.25) is 9.59 Å². The van der Waals surface area contributed by atoms with Crippen LogP contribution in [0.1, 0.15) is 38.8 Å². The summed E-state index contributed by atoms with van der Waals surface area (Å²) in [6.45, 7) is 0.908. The number of methoxy groups -OCH3 is 1. The fourth-order valence-electron chi connectivity index (χ4n) is 3.66. The first-order chi connectivity index (χ1) is 14.2. The Labute approximate surface area is 173 Å². The normalized spacial score (nSPS) is 13.8. The monoisotopic (exact) mass is 406 g/mol. The van der Waals surface area contributed by atoms with Gasteiger partial charge in [0.15, 0.2) is 0 Å². The summed E-state index contributed by atoms with van der Waals surface area (Å²) in [6, 6.07) is 18.9. The smallest absolute Gasteiger partial charge is 0.255 e. The highest BCUT2D eigenvalue weighted by Gasteiger charge is 2.34. The quantitative estimate of drug-likeness (QED) is 0.641. The fourth-order valence-corrected chi connectivity index (χ4v) is 4.50. The number of para-hydroxylation sites is 1. The molecule has 4 rings (SSSR count). The van der Waals surface area contributed by atoms with Crippen molar-refractivity contribution in [2.45, 2.75) is 25.6 Å². The molecule has 0 fully saturated rings. The minimum absolute atomic E-state index is 0.0171. The fraction of sp³-hybridized carbons (Fsp3) is 0.217. The zero-order valence-electron chi connectivity index (χ0n) is 16.1. The SMILES string of the molecule is COc1ccccc1CNC(=O)C[C@H](c1cccs1)N1Cc2ccccc2C1=O. The molecule has 0 bridgehead atoms. The zero-order chi connectivity index (χ0) is 20.2. The summed E-state index contributed by atoms with van der Waals surface area (Å²) in [5, 5.41) is 4.95. The van der Waals surface area contributed by atoms with Crippen molar-refractivity contribution in [3.05, 3.63) is 87.6 Å². The van der Waals surface area contributed by atoms with Crippen LogP contribution in [0.2, 0.25) is 0 Å². The number of amides is 2. The number of nitrogens with one attached hydrogen (secondary N) is 1. The van der Waals surface area contributed by atoms with Crippen molar-refractivity contribution in [2.24, 2.45) is 0 Å². The first-order valence-electron chi connectivity index (χ1n) is 9.48. The molecule has 1 aromatic heterocycles. The summed E-state index contributed by atoms with van der Waals surface area (Å²) < 4.78 is 5.35. The van der Waals surface area contributed by atoms with E-state index < -0.39 is 0 Å². The van der Waals surface area contributed by atoms with E-state index in [1.165, 1.54) is 0 Å².